The summed E-state index contributed by atoms with van der Waals surface area (Å²) in [4.78, 5) is 0. The lowest BCUT2D eigenvalue weighted by Gasteiger charge is -2.28. The van der Waals surface area contributed by atoms with Gasteiger partial charge in [0.25, 0.3) is 10.0 Å². The van der Waals surface area contributed by atoms with Gasteiger partial charge < -0.3 is 5.11 Å². The first kappa shape index (κ1) is 11.6. The van der Waals surface area contributed by atoms with Gasteiger partial charge in [-0.3, -0.25) is 4.68 Å². The number of nitrogens with zero attached hydrogens (tertiary/aromatic N) is 3. The Morgan fingerprint density at radius 3 is 2.88 bits per heavy atom. The van der Waals surface area contributed by atoms with Crippen LogP contribution in [0.1, 0.15) is 12.8 Å². The van der Waals surface area contributed by atoms with Crippen LogP contribution < -0.4 is 0 Å². The molecule has 6 nitrogen and oxygen atoms in total. The van der Waals surface area contributed by atoms with Gasteiger partial charge in [0.2, 0.25) is 0 Å². The lowest BCUT2D eigenvalue weighted by atomic mass is 10.1. The van der Waals surface area contributed by atoms with E-state index in [1.54, 1.807) is 7.05 Å². The third-order valence-electron chi connectivity index (χ3n) is 2.74. The molecule has 0 spiro atoms. The molecule has 1 atom stereocenters. The Morgan fingerprint density at radius 1 is 1.56 bits per heavy atom. The fourth-order valence-electron chi connectivity index (χ4n) is 1.89. The second-order valence-electron chi connectivity index (χ2n) is 3.95. The van der Waals surface area contributed by atoms with Crippen LogP contribution in [0.5, 0.6) is 0 Å². The quantitative estimate of drug-likeness (QED) is 0.767. The predicted octanol–water partition coefficient (Wildman–Crippen LogP) is -0.435. The lowest BCUT2D eigenvalue weighted by molar-refractivity contribution is 0.107. The number of hydrogen-bond acceptors (Lipinski definition) is 4. The number of piperidine rings is 1. The van der Waals surface area contributed by atoms with Gasteiger partial charge in [0.1, 0.15) is 0 Å². The molecule has 1 fully saturated rings. The highest BCUT2D eigenvalue weighted by Crippen LogP contribution is 2.19. The van der Waals surface area contributed by atoms with Crippen LogP contribution in [-0.2, 0) is 17.1 Å². The Labute approximate surface area is 94.5 Å². The lowest BCUT2D eigenvalue weighted by Crippen LogP contribution is -2.42. The van der Waals surface area contributed by atoms with Crippen molar-refractivity contribution in [1.82, 2.24) is 14.1 Å². The van der Waals surface area contributed by atoms with E-state index in [1.807, 2.05) is 0 Å². The minimum atomic E-state index is -3.51. The van der Waals surface area contributed by atoms with Crippen molar-refractivity contribution in [2.75, 3.05) is 13.1 Å². The zero-order valence-electron chi connectivity index (χ0n) is 9.07. The monoisotopic (exact) mass is 245 g/mol. The van der Waals surface area contributed by atoms with E-state index in [1.165, 1.54) is 21.3 Å². The van der Waals surface area contributed by atoms with Crippen molar-refractivity contribution in [2.45, 2.75) is 24.0 Å². The molecule has 2 rings (SSSR count). The Hall–Kier alpha value is -0.920. The molecular weight excluding hydrogens is 230 g/mol. The Morgan fingerprint density at radius 2 is 2.31 bits per heavy atom. The largest absolute Gasteiger partial charge is 0.392 e. The van der Waals surface area contributed by atoms with Crippen molar-refractivity contribution < 1.29 is 13.5 Å². The molecule has 1 saturated heterocycles. The fraction of sp³-hybridized carbons (Fsp3) is 0.667. The van der Waals surface area contributed by atoms with E-state index in [2.05, 4.69) is 5.10 Å². The predicted molar refractivity (Wildman–Crippen MR) is 57.2 cm³/mol. The molecule has 1 aliphatic rings. The van der Waals surface area contributed by atoms with E-state index in [0.29, 0.717) is 19.4 Å². The van der Waals surface area contributed by atoms with Crippen LogP contribution in [0.25, 0.3) is 0 Å². The van der Waals surface area contributed by atoms with E-state index in [-0.39, 0.29) is 11.6 Å². The number of sulfonamides is 1. The number of aryl methyl sites for hydroxylation is 1. The topological polar surface area (TPSA) is 75.4 Å². The standard InChI is InChI=1S/C9H15N3O3S/c1-11-9(4-5-10-11)16(14,15)12-6-2-3-8(13)7-12/h4-5,8,13H,2-3,6-7H2,1H3. The van der Waals surface area contributed by atoms with Crippen LogP contribution in [0.4, 0.5) is 0 Å². The number of aliphatic hydroxyl groups is 1. The molecule has 2 heterocycles. The molecule has 1 aliphatic heterocycles. The second kappa shape index (κ2) is 4.15. The molecule has 1 aromatic heterocycles. The zero-order valence-corrected chi connectivity index (χ0v) is 9.89. The third-order valence-corrected chi connectivity index (χ3v) is 4.68. The highest BCUT2D eigenvalue weighted by Gasteiger charge is 2.31. The fourth-order valence-corrected chi connectivity index (χ4v) is 3.50. The average Bonchev–Trinajstić information content (AvgIpc) is 2.65. The van der Waals surface area contributed by atoms with Gasteiger partial charge in [0, 0.05) is 20.1 Å². The summed E-state index contributed by atoms with van der Waals surface area (Å²) in [5.41, 5.74) is 0. The second-order valence-corrected chi connectivity index (χ2v) is 5.84. The summed E-state index contributed by atoms with van der Waals surface area (Å²) in [6.45, 7) is 0.637. The molecular formula is C9H15N3O3S. The van der Waals surface area contributed by atoms with Crippen LogP contribution in [0.2, 0.25) is 0 Å². The Kier molecular flexibility index (Phi) is 3.00. The van der Waals surface area contributed by atoms with Gasteiger partial charge in [0.05, 0.1) is 12.3 Å². The van der Waals surface area contributed by atoms with Crippen LogP contribution in [0.3, 0.4) is 0 Å². The van der Waals surface area contributed by atoms with E-state index in [0.717, 1.165) is 0 Å². The molecule has 16 heavy (non-hydrogen) atoms. The van der Waals surface area contributed by atoms with Crippen molar-refractivity contribution in [1.29, 1.82) is 0 Å². The SMILES string of the molecule is Cn1nccc1S(=O)(=O)N1CCCC(O)C1. The molecule has 90 valence electrons. The first-order valence-corrected chi connectivity index (χ1v) is 6.62. The van der Waals surface area contributed by atoms with Gasteiger partial charge in [-0.2, -0.15) is 9.40 Å². The minimum Gasteiger partial charge on any atom is -0.392 e. The summed E-state index contributed by atoms with van der Waals surface area (Å²) in [7, 11) is -1.92. The smallest absolute Gasteiger partial charge is 0.260 e. The number of aromatic nitrogens is 2. The number of hydrogen-bond donors (Lipinski definition) is 1. The van der Waals surface area contributed by atoms with E-state index < -0.39 is 16.1 Å². The molecule has 1 aromatic rings. The molecule has 0 amide bonds. The first-order chi connectivity index (χ1) is 7.51. The number of β-amino-alcohol motifs (C(OH)–C–C–N with tert-alkyl or cyclic N) is 1. The van der Waals surface area contributed by atoms with E-state index in [9.17, 15) is 13.5 Å². The average molecular weight is 245 g/mol. The molecule has 0 radical (unpaired) electrons. The maximum absolute atomic E-state index is 12.2. The summed E-state index contributed by atoms with van der Waals surface area (Å²) in [5.74, 6) is 0. The van der Waals surface area contributed by atoms with Crippen molar-refractivity contribution in [3.63, 3.8) is 0 Å². The van der Waals surface area contributed by atoms with Crippen LogP contribution >= 0.6 is 0 Å². The summed E-state index contributed by atoms with van der Waals surface area (Å²) >= 11 is 0. The van der Waals surface area contributed by atoms with Crippen molar-refractivity contribution >= 4 is 10.0 Å². The van der Waals surface area contributed by atoms with E-state index in [4.69, 9.17) is 0 Å². The molecule has 7 heteroatoms. The molecule has 0 saturated carbocycles. The normalized spacial score (nSPS) is 23.5. The highest BCUT2D eigenvalue weighted by molar-refractivity contribution is 7.89. The van der Waals surface area contributed by atoms with Crippen LogP contribution in [0.15, 0.2) is 17.3 Å². The number of rotatable bonds is 2. The van der Waals surface area contributed by atoms with Gasteiger partial charge in [-0.05, 0) is 18.9 Å². The summed E-state index contributed by atoms with van der Waals surface area (Å²) in [5, 5.41) is 13.5. The Balaban J connectivity index is 2.29. The van der Waals surface area contributed by atoms with Crippen molar-refractivity contribution in [3.05, 3.63) is 12.3 Å². The van der Waals surface area contributed by atoms with Gasteiger partial charge in [-0.15, -0.1) is 0 Å². The zero-order chi connectivity index (χ0) is 11.8. The van der Waals surface area contributed by atoms with Crippen molar-refractivity contribution in [3.8, 4) is 0 Å². The van der Waals surface area contributed by atoms with Gasteiger partial charge in [-0.1, -0.05) is 0 Å². The summed E-state index contributed by atoms with van der Waals surface area (Å²) < 4.78 is 27.0. The van der Waals surface area contributed by atoms with Crippen molar-refractivity contribution in [2.24, 2.45) is 7.05 Å². The summed E-state index contributed by atoms with van der Waals surface area (Å²) in [6, 6.07) is 1.47. The van der Waals surface area contributed by atoms with Crippen LogP contribution in [0, 0.1) is 0 Å². The van der Waals surface area contributed by atoms with Crippen LogP contribution in [-0.4, -0.2) is 46.8 Å². The number of aliphatic hydroxyl groups excluding tert-OH is 1. The van der Waals surface area contributed by atoms with Gasteiger partial charge in [-0.25, -0.2) is 8.42 Å². The maximum Gasteiger partial charge on any atom is 0.260 e. The summed E-state index contributed by atoms with van der Waals surface area (Å²) in [6.07, 6.45) is 2.25. The molecule has 0 aliphatic carbocycles. The molecule has 1 unspecified atom stereocenters. The van der Waals surface area contributed by atoms with E-state index >= 15 is 0 Å². The van der Waals surface area contributed by atoms with Gasteiger partial charge in [0.15, 0.2) is 5.03 Å². The molecule has 0 bridgehead atoms. The molecule has 0 aromatic carbocycles. The Bertz CT molecular complexity index is 468. The molecule has 1 N–H and O–H groups in total. The first-order valence-electron chi connectivity index (χ1n) is 5.18. The third kappa shape index (κ3) is 1.98. The highest BCUT2D eigenvalue weighted by atomic mass is 32.2. The minimum absolute atomic E-state index is 0.168. The van der Waals surface area contributed by atoms with Gasteiger partial charge >= 0.3 is 0 Å². The maximum atomic E-state index is 12.2.